The minimum absolute atomic E-state index is 0.175. The van der Waals surface area contributed by atoms with Crippen molar-refractivity contribution in [2.45, 2.75) is 26.4 Å². The molecule has 4 heteroatoms. The van der Waals surface area contributed by atoms with Gasteiger partial charge in [0, 0.05) is 5.56 Å². The summed E-state index contributed by atoms with van der Waals surface area (Å²) in [5, 5.41) is 3.76. The Morgan fingerprint density at radius 3 is 2.31 bits per heavy atom. The lowest BCUT2D eigenvalue weighted by Crippen LogP contribution is -2.18. The molecular formula is C12H14BrNO2. The van der Waals surface area contributed by atoms with E-state index in [-0.39, 0.29) is 10.4 Å². The first kappa shape index (κ1) is 12.9. The minimum atomic E-state index is -0.407. The molecule has 0 aliphatic heterocycles. The summed E-state index contributed by atoms with van der Waals surface area (Å²) in [4.78, 5) is 17.0. The number of ketones is 1. The highest BCUT2D eigenvalue weighted by molar-refractivity contribution is 9.19. The molecule has 0 heterocycles. The maximum absolute atomic E-state index is 11.8. The van der Waals surface area contributed by atoms with E-state index in [1.807, 2.05) is 26.8 Å². The molecule has 0 saturated heterocycles. The number of hydrogen-bond acceptors (Lipinski definition) is 3. The molecule has 0 spiro atoms. The lowest BCUT2D eigenvalue weighted by atomic mass is 10.1. The van der Waals surface area contributed by atoms with Crippen molar-refractivity contribution in [3.63, 3.8) is 0 Å². The molecule has 0 bridgehead atoms. The average Bonchev–Trinajstić information content (AvgIpc) is 2.25. The molecule has 1 aromatic rings. The zero-order valence-electron chi connectivity index (χ0n) is 9.53. The van der Waals surface area contributed by atoms with Gasteiger partial charge in [0.15, 0.2) is 4.62 Å². The van der Waals surface area contributed by atoms with Crippen LogP contribution in [0.1, 0.15) is 31.1 Å². The summed E-state index contributed by atoms with van der Waals surface area (Å²) in [6.45, 7) is 5.59. The standard InChI is InChI=1S/C12H14BrNO2/c1-12(2,3)16-14-11(13)10(15)9-7-5-4-6-8-9/h4-8H,1-3H3. The average molecular weight is 284 g/mol. The van der Waals surface area contributed by atoms with Gasteiger partial charge in [0.25, 0.3) is 0 Å². The SMILES string of the molecule is CC(C)(C)ON=C(Br)C(=O)c1ccccc1. The van der Waals surface area contributed by atoms with Crippen LogP contribution in [0.5, 0.6) is 0 Å². The van der Waals surface area contributed by atoms with Crippen molar-refractivity contribution in [2.75, 3.05) is 0 Å². The zero-order chi connectivity index (χ0) is 12.2. The van der Waals surface area contributed by atoms with Crippen LogP contribution < -0.4 is 0 Å². The van der Waals surface area contributed by atoms with Crippen LogP contribution in [0.4, 0.5) is 0 Å². The third kappa shape index (κ3) is 4.14. The molecule has 0 N–H and O–H groups in total. The van der Waals surface area contributed by atoms with Crippen molar-refractivity contribution in [3.05, 3.63) is 35.9 Å². The van der Waals surface area contributed by atoms with Crippen LogP contribution in [0, 0.1) is 0 Å². The second-order valence-electron chi connectivity index (χ2n) is 4.28. The number of carbonyl (C=O) groups excluding carboxylic acids is 1. The molecule has 0 aliphatic carbocycles. The van der Waals surface area contributed by atoms with Crippen LogP contribution in [-0.4, -0.2) is 16.0 Å². The highest BCUT2D eigenvalue weighted by atomic mass is 79.9. The topological polar surface area (TPSA) is 38.7 Å². The summed E-state index contributed by atoms with van der Waals surface area (Å²) in [6, 6.07) is 8.93. The third-order valence-corrected chi connectivity index (χ3v) is 2.13. The summed E-state index contributed by atoms with van der Waals surface area (Å²) in [6.07, 6.45) is 0. The fourth-order valence-corrected chi connectivity index (χ4v) is 1.23. The van der Waals surface area contributed by atoms with Crippen LogP contribution in [0.15, 0.2) is 35.5 Å². The molecule has 86 valence electrons. The predicted molar refractivity (Wildman–Crippen MR) is 68.0 cm³/mol. The van der Waals surface area contributed by atoms with Gasteiger partial charge in [-0.15, -0.1) is 0 Å². The number of nitrogens with zero attached hydrogens (tertiary/aromatic N) is 1. The quantitative estimate of drug-likeness (QED) is 0.485. The molecule has 0 unspecified atom stereocenters. The van der Waals surface area contributed by atoms with Gasteiger partial charge < -0.3 is 4.84 Å². The molecule has 1 aromatic carbocycles. The lowest BCUT2D eigenvalue weighted by Gasteiger charge is -2.15. The summed E-state index contributed by atoms with van der Waals surface area (Å²) >= 11 is 3.11. The molecule has 0 radical (unpaired) electrons. The monoisotopic (exact) mass is 283 g/mol. The first-order valence-electron chi connectivity index (χ1n) is 4.91. The van der Waals surface area contributed by atoms with Gasteiger partial charge in [0.2, 0.25) is 5.78 Å². The highest BCUT2D eigenvalue weighted by Crippen LogP contribution is 2.10. The van der Waals surface area contributed by atoms with Crippen molar-refractivity contribution < 1.29 is 9.63 Å². The van der Waals surface area contributed by atoms with E-state index in [2.05, 4.69) is 21.1 Å². The number of oxime groups is 1. The van der Waals surface area contributed by atoms with E-state index < -0.39 is 5.60 Å². The Bertz CT molecular complexity index is 393. The van der Waals surface area contributed by atoms with Crippen molar-refractivity contribution in [1.29, 1.82) is 0 Å². The third-order valence-electron chi connectivity index (χ3n) is 1.62. The predicted octanol–water partition coefficient (Wildman–Crippen LogP) is 3.39. The summed E-state index contributed by atoms with van der Waals surface area (Å²) in [7, 11) is 0. The second kappa shape index (κ2) is 5.25. The van der Waals surface area contributed by atoms with E-state index in [1.165, 1.54) is 0 Å². The molecule has 0 aliphatic rings. The van der Waals surface area contributed by atoms with Gasteiger partial charge >= 0.3 is 0 Å². The van der Waals surface area contributed by atoms with Gasteiger partial charge in [0.1, 0.15) is 5.60 Å². The molecule has 1 rings (SSSR count). The van der Waals surface area contributed by atoms with Crippen LogP contribution in [0.25, 0.3) is 0 Å². The largest absolute Gasteiger partial charge is 0.389 e. The van der Waals surface area contributed by atoms with Gasteiger partial charge in [-0.05, 0) is 36.7 Å². The summed E-state index contributed by atoms with van der Waals surface area (Å²) < 4.78 is 0.175. The van der Waals surface area contributed by atoms with E-state index in [0.29, 0.717) is 5.56 Å². The second-order valence-corrected chi connectivity index (χ2v) is 5.03. The lowest BCUT2D eigenvalue weighted by molar-refractivity contribution is 0.00156. The van der Waals surface area contributed by atoms with E-state index >= 15 is 0 Å². The number of Topliss-reactive ketones (excluding diaryl/α,β-unsaturated/α-hetero) is 1. The Morgan fingerprint density at radius 1 is 1.25 bits per heavy atom. The molecular weight excluding hydrogens is 270 g/mol. The van der Waals surface area contributed by atoms with Gasteiger partial charge in [-0.3, -0.25) is 4.79 Å². The normalized spacial score (nSPS) is 12.4. The Kier molecular flexibility index (Phi) is 4.24. The number of carbonyl (C=O) groups is 1. The summed E-state index contributed by atoms with van der Waals surface area (Å²) in [5.74, 6) is -0.190. The maximum Gasteiger partial charge on any atom is 0.221 e. The van der Waals surface area contributed by atoms with Crippen LogP contribution in [0.2, 0.25) is 0 Å². The molecule has 3 nitrogen and oxygen atoms in total. The number of hydrogen-bond donors (Lipinski definition) is 0. The van der Waals surface area contributed by atoms with Crippen LogP contribution in [0.3, 0.4) is 0 Å². The number of halogens is 1. The number of benzene rings is 1. The van der Waals surface area contributed by atoms with Crippen LogP contribution >= 0.6 is 15.9 Å². The Morgan fingerprint density at radius 2 is 1.81 bits per heavy atom. The first-order valence-corrected chi connectivity index (χ1v) is 5.71. The molecule has 0 saturated carbocycles. The molecule has 0 amide bonds. The molecule has 0 atom stereocenters. The Hall–Kier alpha value is -1.16. The van der Waals surface area contributed by atoms with E-state index in [1.54, 1.807) is 24.3 Å². The van der Waals surface area contributed by atoms with Crippen molar-refractivity contribution >= 4 is 26.3 Å². The van der Waals surface area contributed by atoms with Gasteiger partial charge in [0.05, 0.1) is 0 Å². The van der Waals surface area contributed by atoms with E-state index in [9.17, 15) is 4.79 Å². The minimum Gasteiger partial charge on any atom is -0.389 e. The van der Waals surface area contributed by atoms with Gasteiger partial charge in [-0.2, -0.15) is 0 Å². The fraction of sp³-hybridized carbons (Fsp3) is 0.333. The summed E-state index contributed by atoms with van der Waals surface area (Å²) in [5.41, 5.74) is 0.173. The zero-order valence-corrected chi connectivity index (χ0v) is 11.1. The van der Waals surface area contributed by atoms with Crippen molar-refractivity contribution in [2.24, 2.45) is 5.16 Å². The molecule has 0 aromatic heterocycles. The van der Waals surface area contributed by atoms with E-state index in [4.69, 9.17) is 4.84 Å². The van der Waals surface area contributed by atoms with E-state index in [0.717, 1.165) is 0 Å². The maximum atomic E-state index is 11.8. The molecule has 16 heavy (non-hydrogen) atoms. The molecule has 0 fully saturated rings. The smallest absolute Gasteiger partial charge is 0.221 e. The highest BCUT2D eigenvalue weighted by Gasteiger charge is 2.15. The Balaban J connectivity index is 2.76. The Labute approximate surface area is 104 Å². The number of rotatable bonds is 3. The van der Waals surface area contributed by atoms with Gasteiger partial charge in [-0.25, -0.2) is 0 Å². The van der Waals surface area contributed by atoms with Crippen molar-refractivity contribution in [3.8, 4) is 0 Å². The van der Waals surface area contributed by atoms with Crippen LogP contribution in [-0.2, 0) is 4.84 Å². The fourth-order valence-electron chi connectivity index (χ4n) is 0.927. The van der Waals surface area contributed by atoms with Crippen molar-refractivity contribution in [1.82, 2.24) is 0 Å². The first-order chi connectivity index (χ1) is 7.40. The van der Waals surface area contributed by atoms with Gasteiger partial charge in [-0.1, -0.05) is 35.5 Å².